The molecule has 0 bridgehead atoms. The number of aliphatic hydroxyl groups excluding tert-OH is 1. The highest BCUT2D eigenvalue weighted by molar-refractivity contribution is 5.80. The van der Waals surface area contributed by atoms with Gasteiger partial charge in [0, 0.05) is 12.3 Å². The van der Waals surface area contributed by atoms with Crippen molar-refractivity contribution in [3.63, 3.8) is 0 Å². The van der Waals surface area contributed by atoms with E-state index >= 15 is 0 Å². The Morgan fingerprint density at radius 2 is 2.38 bits per heavy atom. The van der Waals surface area contributed by atoms with Crippen molar-refractivity contribution in [2.75, 3.05) is 0 Å². The molecule has 3 nitrogen and oxygen atoms in total. The maximum Gasteiger partial charge on any atom is 0.138 e. The van der Waals surface area contributed by atoms with Gasteiger partial charge in [0.15, 0.2) is 0 Å². The van der Waals surface area contributed by atoms with E-state index in [4.69, 9.17) is 4.42 Å². The minimum atomic E-state index is -0.817. The van der Waals surface area contributed by atoms with E-state index in [1.807, 2.05) is 0 Å². The lowest BCUT2D eigenvalue weighted by Crippen LogP contribution is -2.17. The Kier molecular flexibility index (Phi) is 3.25. The van der Waals surface area contributed by atoms with E-state index in [-0.39, 0.29) is 5.78 Å². The first-order valence-corrected chi connectivity index (χ1v) is 4.41. The van der Waals surface area contributed by atoms with Crippen molar-refractivity contribution in [2.45, 2.75) is 26.4 Å². The van der Waals surface area contributed by atoms with Crippen LogP contribution in [0.4, 0.5) is 0 Å². The first kappa shape index (κ1) is 9.99. The SMILES string of the molecule is CCC(=O)[C@H](C)[C@@H](O)c1ccco1. The van der Waals surface area contributed by atoms with Crippen LogP contribution >= 0.6 is 0 Å². The van der Waals surface area contributed by atoms with Crippen molar-refractivity contribution in [1.82, 2.24) is 0 Å². The Bertz CT molecular complexity index is 264. The summed E-state index contributed by atoms with van der Waals surface area (Å²) >= 11 is 0. The first-order chi connectivity index (χ1) is 6.16. The van der Waals surface area contributed by atoms with Crippen LogP contribution in [0.3, 0.4) is 0 Å². The Labute approximate surface area is 77.4 Å². The van der Waals surface area contributed by atoms with Crippen LogP contribution in [0, 0.1) is 5.92 Å². The predicted molar refractivity (Wildman–Crippen MR) is 48.1 cm³/mol. The molecule has 0 aliphatic rings. The monoisotopic (exact) mass is 182 g/mol. The van der Waals surface area contributed by atoms with Crippen molar-refractivity contribution in [2.24, 2.45) is 5.92 Å². The summed E-state index contributed by atoms with van der Waals surface area (Å²) in [6.07, 6.45) is 1.11. The van der Waals surface area contributed by atoms with Gasteiger partial charge < -0.3 is 9.52 Å². The minimum absolute atomic E-state index is 0.0453. The van der Waals surface area contributed by atoms with Gasteiger partial charge in [-0.05, 0) is 12.1 Å². The molecule has 13 heavy (non-hydrogen) atoms. The predicted octanol–water partition coefficient (Wildman–Crippen LogP) is 1.93. The highest BCUT2D eigenvalue weighted by atomic mass is 16.4. The van der Waals surface area contributed by atoms with Crippen LogP contribution in [0.25, 0.3) is 0 Å². The Morgan fingerprint density at radius 1 is 1.69 bits per heavy atom. The number of rotatable bonds is 4. The molecule has 0 spiro atoms. The minimum Gasteiger partial charge on any atom is -0.467 e. The number of carbonyl (C=O) groups is 1. The van der Waals surface area contributed by atoms with Crippen LogP contribution in [0.1, 0.15) is 32.1 Å². The zero-order chi connectivity index (χ0) is 9.84. The molecule has 2 atom stereocenters. The fourth-order valence-corrected chi connectivity index (χ4v) is 1.20. The van der Waals surface area contributed by atoms with Crippen molar-refractivity contribution in [3.05, 3.63) is 24.2 Å². The maximum atomic E-state index is 11.2. The fourth-order valence-electron chi connectivity index (χ4n) is 1.20. The molecule has 3 heteroatoms. The smallest absolute Gasteiger partial charge is 0.138 e. The number of furan rings is 1. The third kappa shape index (κ3) is 2.18. The molecule has 1 N–H and O–H groups in total. The number of aliphatic hydroxyl groups is 1. The van der Waals surface area contributed by atoms with Gasteiger partial charge in [0.05, 0.1) is 6.26 Å². The van der Waals surface area contributed by atoms with Crippen LogP contribution in [-0.4, -0.2) is 10.9 Å². The summed E-state index contributed by atoms with van der Waals surface area (Å²) in [5.41, 5.74) is 0. The lowest BCUT2D eigenvalue weighted by atomic mass is 9.96. The molecule has 1 aromatic heterocycles. The highest BCUT2D eigenvalue weighted by Gasteiger charge is 2.23. The average Bonchev–Trinajstić information content (AvgIpc) is 2.67. The fraction of sp³-hybridized carbons (Fsp3) is 0.500. The van der Waals surface area contributed by atoms with Gasteiger partial charge >= 0.3 is 0 Å². The third-order valence-electron chi connectivity index (χ3n) is 2.16. The third-order valence-corrected chi connectivity index (χ3v) is 2.16. The number of hydrogen-bond acceptors (Lipinski definition) is 3. The Hall–Kier alpha value is -1.09. The van der Waals surface area contributed by atoms with Crippen LogP contribution in [0.15, 0.2) is 22.8 Å². The molecule has 0 aliphatic carbocycles. The molecule has 1 rings (SSSR count). The molecule has 0 radical (unpaired) electrons. The van der Waals surface area contributed by atoms with Crippen LogP contribution in [0.2, 0.25) is 0 Å². The summed E-state index contributed by atoms with van der Waals surface area (Å²) in [6.45, 7) is 3.49. The highest BCUT2D eigenvalue weighted by Crippen LogP contribution is 2.23. The maximum absolute atomic E-state index is 11.2. The summed E-state index contributed by atoms with van der Waals surface area (Å²) in [4.78, 5) is 11.2. The van der Waals surface area contributed by atoms with Crippen LogP contribution in [-0.2, 0) is 4.79 Å². The Morgan fingerprint density at radius 3 is 2.85 bits per heavy atom. The van der Waals surface area contributed by atoms with Crippen molar-refractivity contribution < 1.29 is 14.3 Å². The van der Waals surface area contributed by atoms with E-state index in [9.17, 15) is 9.90 Å². The zero-order valence-corrected chi connectivity index (χ0v) is 7.86. The van der Waals surface area contributed by atoms with Crippen molar-refractivity contribution >= 4 is 5.78 Å². The first-order valence-electron chi connectivity index (χ1n) is 4.41. The lowest BCUT2D eigenvalue weighted by Gasteiger charge is -2.14. The largest absolute Gasteiger partial charge is 0.467 e. The number of hydrogen-bond donors (Lipinski definition) is 1. The molecular weight excluding hydrogens is 168 g/mol. The van der Waals surface area contributed by atoms with E-state index < -0.39 is 12.0 Å². The average molecular weight is 182 g/mol. The van der Waals surface area contributed by atoms with Gasteiger partial charge in [-0.3, -0.25) is 4.79 Å². The Balaban J connectivity index is 2.68. The van der Waals surface area contributed by atoms with Crippen molar-refractivity contribution in [1.29, 1.82) is 0 Å². The molecule has 0 aromatic carbocycles. The zero-order valence-electron chi connectivity index (χ0n) is 7.86. The van der Waals surface area contributed by atoms with Crippen molar-refractivity contribution in [3.8, 4) is 0 Å². The van der Waals surface area contributed by atoms with Gasteiger partial charge in [0.2, 0.25) is 0 Å². The molecule has 0 aliphatic heterocycles. The van der Waals surface area contributed by atoms with Gasteiger partial charge in [-0.15, -0.1) is 0 Å². The quantitative estimate of drug-likeness (QED) is 0.774. The summed E-state index contributed by atoms with van der Waals surface area (Å²) in [5, 5.41) is 9.66. The normalized spacial score (nSPS) is 15.3. The van der Waals surface area contributed by atoms with Gasteiger partial charge in [0.25, 0.3) is 0 Å². The van der Waals surface area contributed by atoms with E-state index in [2.05, 4.69) is 0 Å². The van der Waals surface area contributed by atoms with Gasteiger partial charge in [-0.25, -0.2) is 0 Å². The standard InChI is InChI=1S/C10H14O3/c1-3-8(11)7(2)10(12)9-5-4-6-13-9/h4-7,10,12H,3H2,1-2H3/t7-,10+/m0/s1. The second-order valence-corrected chi connectivity index (χ2v) is 3.07. The summed E-state index contributed by atoms with van der Waals surface area (Å²) in [5.74, 6) is 0.106. The second-order valence-electron chi connectivity index (χ2n) is 3.07. The summed E-state index contributed by atoms with van der Waals surface area (Å²) in [6, 6.07) is 3.37. The molecule has 0 saturated heterocycles. The molecule has 72 valence electrons. The lowest BCUT2D eigenvalue weighted by molar-refractivity contribution is -0.125. The van der Waals surface area contributed by atoms with Crippen LogP contribution in [0.5, 0.6) is 0 Å². The molecule has 0 fully saturated rings. The molecule has 1 heterocycles. The van der Waals surface area contributed by atoms with Gasteiger partial charge in [0.1, 0.15) is 17.6 Å². The van der Waals surface area contributed by atoms with E-state index in [0.717, 1.165) is 0 Å². The number of ketones is 1. The molecule has 0 amide bonds. The summed E-state index contributed by atoms with van der Waals surface area (Å²) in [7, 11) is 0. The van der Waals surface area contributed by atoms with E-state index in [1.54, 1.807) is 26.0 Å². The van der Waals surface area contributed by atoms with E-state index in [0.29, 0.717) is 12.2 Å². The van der Waals surface area contributed by atoms with Gasteiger partial charge in [-0.1, -0.05) is 13.8 Å². The number of Topliss-reactive ketones (excluding diaryl/α,β-unsaturated/α-hetero) is 1. The van der Waals surface area contributed by atoms with Crippen LogP contribution < -0.4 is 0 Å². The molecule has 0 saturated carbocycles. The topological polar surface area (TPSA) is 50.4 Å². The summed E-state index contributed by atoms with van der Waals surface area (Å²) < 4.78 is 5.01. The second kappa shape index (κ2) is 4.23. The van der Waals surface area contributed by atoms with Gasteiger partial charge in [-0.2, -0.15) is 0 Å². The molecule has 0 unspecified atom stereocenters. The molecule has 1 aromatic rings. The van der Waals surface area contributed by atoms with E-state index in [1.165, 1.54) is 6.26 Å². The number of carbonyl (C=O) groups excluding carboxylic acids is 1. The molecular formula is C10H14O3.